The molecule has 1 fully saturated rings. The molecule has 0 amide bonds. The van der Waals surface area contributed by atoms with Crippen LogP contribution in [-0.4, -0.2) is 66.0 Å². The molecule has 1 aliphatic rings. The molecule has 0 aromatic heterocycles. The van der Waals surface area contributed by atoms with Crippen molar-refractivity contribution in [3.8, 4) is 34.5 Å². The average molecular weight is 555 g/mol. The van der Waals surface area contributed by atoms with Gasteiger partial charge in [-0.05, 0) is 59.9 Å². The quantitative estimate of drug-likeness (QED) is 0.223. The molecule has 3 aromatic carbocycles. The van der Waals surface area contributed by atoms with Crippen LogP contribution in [0.3, 0.4) is 0 Å². The normalized spacial score (nSPS) is 18.2. The van der Waals surface area contributed by atoms with Crippen molar-refractivity contribution >= 4 is 5.97 Å². The van der Waals surface area contributed by atoms with Crippen LogP contribution in [0.1, 0.15) is 34.3 Å². The number of phenols is 3. The van der Waals surface area contributed by atoms with Crippen LogP contribution in [-0.2, 0) is 22.4 Å². The summed E-state index contributed by atoms with van der Waals surface area (Å²) >= 11 is 0. The Balaban J connectivity index is 1.63. The van der Waals surface area contributed by atoms with Crippen molar-refractivity contribution in [2.45, 2.75) is 24.9 Å². The second-order valence-electron chi connectivity index (χ2n) is 9.81. The molecule has 0 radical (unpaired) electrons. The number of aliphatic hydroxyl groups is 2. The van der Waals surface area contributed by atoms with Gasteiger partial charge in [-0.2, -0.15) is 0 Å². The number of aliphatic hydroxyl groups excluding tert-OH is 2. The first-order valence-electron chi connectivity index (χ1n) is 12.8. The van der Waals surface area contributed by atoms with Gasteiger partial charge in [-0.1, -0.05) is 18.2 Å². The minimum absolute atomic E-state index is 0.0247. The van der Waals surface area contributed by atoms with Gasteiger partial charge in [-0.3, -0.25) is 4.79 Å². The number of hydrogen-bond acceptors (Lipinski definition) is 10. The summed E-state index contributed by atoms with van der Waals surface area (Å²) < 4.78 is 21.1. The second-order valence-corrected chi connectivity index (χ2v) is 9.81. The maximum absolute atomic E-state index is 12.8. The summed E-state index contributed by atoms with van der Waals surface area (Å²) in [7, 11) is 4.24. The molecule has 1 aliphatic heterocycles. The van der Waals surface area contributed by atoms with Crippen molar-refractivity contribution in [2.75, 3.05) is 34.5 Å². The molecule has 0 bridgehead atoms. The van der Waals surface area contributed by atoms with Crippen LogP contribution in [0, 0.1) is 11.8 Å². The van der Waals surface area contributed by atoms with Crippen LogP contribution >= 0.6 is 0 Å². The van der Waals surface area contributed by atoms with E-state index in [1.54, 1.807) is 30.3 Å². The van der Waals surface area contributed by atoms with Gasteiger partial charge in [0.25, 0.3) is 0 Å². The smallest absolute Gasteiger partial charge is 0.309 e. The van der Waals surface area contributed by atoms with E-state index in [4.69, 9.17) is 18.9 Å². The van der Waals surface area contributed by atoms with Crippen LogP contribution < -0.4 is 14.2 Å². The fourth-order valence-electron chi connectivity index (χ4n) is 5.19. The van der Waals surface area contributed by atoms with Gasteiger partial charge in [-0.15, -0.1) is 0 Å². The molecule has 4 rings (SSSR count). The minimum Gasteiger partial charge on any atom is -0.504 e. The van der Waals surface area contributed by atoms with E-state index < -0.39 is 24.5 Å². The van der Waals surface area contributed by atoms with E-state index >= 15 is 0 Å². The topological polar surface area (TPSA) is 155 Å². The number of cyclic esters (lactones) is 1. The number of benzene rings is 3. The number of carbonyl (C=O) groups excluding carboxylic acids is 1. The standard InChI is InChI=1S/C30H34O10/c1-37-25-11-16(4-6-23(25)32)8-19-15-40-30(36)20(19)9-17-10-21(29(35)27(12-17)39-3)22(14-31)28(34)18-5-7-24(33)26(13-18)38-2/h4-7,10-13,19-20,22,28,31-35H,8-9,14-15H2,1-3H3/t19-,20+,22+,28-/m0/s1. The highest BCUT2D eigenvalue weighted by molar-refractivity contribution is 5.75. The number of rotatable bonds is 11. The Morgan fingerprint density at radius 2 is 1.48 bits per heavy atom. The van der Waals surface area contributed by atoms with Gasteiger partial charge in [0, 0.05) is 17.4 Å². The molecule has 0 unspecified atom stereocenters. The fraction of sp³-hybridized carbons (Fsp3) is 0.367. The molecule has 5 N–H and O–H groups in total. The third kappa shape index (κ3) is 5.88. The number of methoxy groups -OCH3 is 3. The molecule has 0 aliphatic carbocycles. The molecule has 3 aromatic rings. The Morgan fingerprint density at radius 1 is 0.850 bits per heavy atom. The van der Waals surface area contributed by atoms with Gasteiger partial charge in [0.05, 0.1) is 46.6 Å². The van der Waals surface area contributed by atoms with Gasteiger partial charge in [0.1, 0.15) is 0 Å². The summed E-state index contributed by atoms with van der Waals surface area (Å²) in [4.78, 5) is 12.8. The molecular formula is C30H34O10. The van der Waals surface area contributed by atoms with E-state index in [-0.39, 0.29) is 59.2 Å². The maximum Gasteiger partial charge on any atom is 0.309 e. The van der Waals surface area contributed by atoms with E-state index in [2.05, 4.69) is 0 Å². The highest BCUT2D eigenvalue weighted by Crippen LogP contribution is 2.43. The largest absolute Gasteiger partial charge is 0.504 e. The summed E-state index contributed by atoms with van der Waals surface area (Å²) in [5.41, 5.74) is 2.12. The molecule has 214 valence electrons. The summed E-state index contributed by atoms with van der Waals surface area (Å²) in [5, 5.41) is 52.2. The summed E-state index contributed by atoms with van der Waals surface area (Å²) in [6.07, 6.45) is -0.488. The Morgan fingerprint density at radius 3 is 2.12 bits per heavy atom. The van der Waals surface area contributed by atoms with Crippen LogP contribution in [0.25, 0.3) is 0 Å². The van der Waals surface area contributed by atoms with Crippen molar-refractivity contribution in [2.24, 2.45) is 11.8 Å². The van der Waals surface area contributed by atoms with Gasteiger partial charge < -0.3 is 44.5 Å². The molecule has 40 heavy (non-hydrogen) atoms. The molecule has 10 nitrogen and oxygen atoms in total. The third-order valence-corrected chi connectivity index (χ3v) is 7.42. The molecule has 1 saturated heterocycles. The lowest BCUT2D eigenvalue weighted by molar-refractivity contribution is -0.141. The first kappa shape index (κ1) is 28.8. The Kier molecular flexibility index (Phi) is 8.91. The van der Waals surface area contributed by atoms with Crippen molar-refractivity contribution in [3.05, 3.63) is 70.8 Å². The first-order chi connectivity index (χ1) is 19.2. The number of carbonyl (C=O) groups is 1. The van der Waals surface area contributed by atoms with Crippen LogP contribution in [0.15, 0.2) is 48.5 Å². The summed E-state index contributed by atoms with van der Waals surface area (Å²) in [5.74, 6) is -1.66. The second kappa shape index (κ2) is 12.4. The van der Waals surface area contributed by atoms with Gasteiger partial charge in [-0.25, -0.2) is 0 Å². The predicted octanol–water partition coefficient (Wildman–Crippen LogP) is 3.21. The number of phenolic OH excluding ortho intramolecular Hbond substituents is 3. The van der Waals surface area contributed by atoms with Crippen LogP contribution in [0.2, 0.25) is 0 Å². The van der Waals surface area contributed by atoms with Crippen molar-refractivity contribution in [3.63, 3.8) is 0 Å². The van der Waals surface area contributed by atoms with Crippen molar-refractivity contribution in [1.29, 1.82) is 0 Å². The van der Waals surface area contributed by atoms with Crippen LogP contribution in [0.5, 0.6) is 34.5 Å². The van der Waals surface area contributed by atoms with E-state index in [9.17, 15) is 30.3 Å². The number of hydrogen-bond donors (Lipinski definition) is 5. The molecule has 0 saturated carbocycles. The molecular weight excluding hydrogens is 520 g/mol. The average Bonchev–Trinajstić information content (AvgIpc) is 3.29. The number of ether oxygens (including phenoxy) is 4. The Labute approximate surface area is 232 Å². The van der Waals surface area contributed by atoms with Crippen molar-refractivity contribution < 1.29 is 49.3 Å². The van der Waals surface area contributed by atoms with Crippen LogP contribution in [0.4, 0.5) is 0 Å². The summed E-state index contributed by atoms with van der Waals surface area (Å²) in [6, 6.07) is 12.6. The molecule has 1 heterocycles. The molecule has 4 atom stereocenters. The maximum atomic E-state index is 12.8. The molecule has 10 heteroatoms. The van der Waals surface area contributed by atoms with Gasteiger partial charge in [0.2, 0.25) is 0 Å². The SMILES string of the molecule is COc1cc(C[C@H]2COC(=O)[C@@H]2Cc2cc(OC)c(O)c([C@@H](CO)[C@@H](O)c3ccc(O)c(OC)c3)c2)ccc1O. The fourth-order valence-corrected chi connectivity index (χ4v) is 5.19. The number of aromatic hydroxyl groups is 3. The Hall–Kier alpha value is -4.15. The lowest BCUT2D eigenvalue weighted by atomic mass is 9.83. The highest BCUT2D eigenvalue weighted by atomic mass is 16.5. The lowest BCUT2D eigenvalue weighted by Gasteiger charge is -2.25. The zero-order valence-corrected chi connectivity index (χ0v) is 22.5. The van der Waals surface area contributed by atoms with Gasteiger partial charge in [0.15, 0.2) is 34.5 Å². The predicted molar refractivity (Wildman–Crippen MR) is 144 cm³/mol. The third-order valence-electron chi connectivity index (χ3n) is 7.42. The van der Waals surface area contributed by atoms with E-state index in [1.807, 2.05) is 0 Å². The highest BCUT2D eigenvalue weighted by Gasteiger charge is 2.37. The zero-order chi connectivity index (χ0) is 29.0. The monoisotopic (exact) mass is 554 g/mol. The molecule has 0 spiro atoms. The van der Waals surface area contributed by atoms with E-state index in [0.717, 1.165) is 5.56 Å². The van der Waals surface area contributed by atoms with Gasteiger partial charge >= 0.3 is 5.97 Å². The minimum atomic E-state index is -1.26. The lowest BCUT2D eigenvalue weighted by Crippen LogP contribution is -2.21. The zero-order valence-electron chi connectivity index (χ0n) is 22.5. The van der Waals surface area contributed by atoms with Crippen molar-refractivity contribution in [1.82, 2.24) is 0 Å². The van der Waals surface area contributed by atoms with E-state index in [1.165, 1.54) is 39.5 Å². The van der Waals surface area contributed by atoms with E-state index in [0.29, 0.717) is 23.3 Å². The summed E-state index contributed by atoms with van der Waals surface area (Å²) in [6.45, 7) is -0.281. The number of esters is 1. The first-order valence-corrected chi connectivity index (χ1v) is 12.8. The Bertz CT molecular complexity index is 1350.